The van der Waals surface area contributed by atoms with E-state index in [1.54, 1.807) is 0 Å². The van der Waals surface area contributed by atoms with E-state index in [2.05, 4.69) is 5.32 Å². The van der Waals surface area contributed by atoms with Crippen LogP contribution in [0.25, 0.3) is 0 Å². The second-order valence-corrected chi connectivity index (χ2v) is 11.7. The summed E-state index contributed by atoms with van der Waals surface area (Å²) >= 11 is 1.20. The molecule has 10 nitrogen and oxygen atoms in total. The summed E-state index contributed by atoms with van der Waals surface area (Å²) in [6.45, 7) is 1.63. The number of rotatable bonds is 5. The molecule has 0 spiro atoms. The number of anilines is 1. The number of carbonyl (C=O) groups is 3. The van der Waals surface area contributed by atoms with Crippen LogP contribution in [0.1, 0.15) is 56.8 Å². The maximum absolute atomic E-state index is 13.0. The Morgan fingerprint density at radius 1 is 0.944 bits per heavy atom. The zero-order chi connectivity index (χ0) is 25.9. The van der Waals surface area contributed by atoms with E-state index in [9.17, 15) is 22.8 Å². The fourth-order valence-corrected chi connectivity index (χ4v) is 7.24. The van der Waals surface area contributed by atoms with E-state index >= 15 is 0 Å². The SMILES string of the molecule is COC(=O)c1c(NC(=O)c2ccc(S(=O)(=O)N3CCCCCC3)cc2)sc2c1CCN(C(=O)OC)C2. The maximum atomic E-state index is 13.0. The Bertz CT molecular complexity index is 1250. The molecule has 2 aromatic rings. The summed E-state index contributed by atoms with van der Waals surface area (Å²) in [6.07, 6.45) is 3.67. The number of hydrogen-bond acceptors (Lipinski definition) is 8. The lowest BCUT2D eigenvalue weighted by Crippen LogP contribution is -2.35. The number of hydrogen-bond donors (Lipinski definition) is 1. The van der Waals surface area contributed by atoms with Gasteiger partial charge in [0.05, 0.1) is 31.2 Å². The molecule has 0 aliphatic carbocycles. The van der Waals surface area contributed by atoms with Crippen molar-refractivity contribution in [2.45, 2.75) is 43.5 Å². The van der Waals surface area contributed by atoms with Crippen LogP contribution in [-0.2, 0) is 32.5 Å². The maximum Gasteiger partial charge on any atom is 0.409 e. The smallest absolute Gasteiger partial charge is 0.409 e. The van der Waals surface area contributed by atoms with Gasteiger partial charge < -0.3 is 19.7 Å². The van der Waals surface area contributed by atoms with Gasteiger partial charge >= 0.3 is 12.1 Å². The largest absolute Gasteiger partial charge is 0.465 e. The molecule has 194 valence electrons. The molecule has 4 rings (SSSR count). The summed E-state index contributed by atoms with van der Waals surface area (Å²) in [6, 6.07) is 5.79. The predicted octanol–water partition coefficient (Wildman–Crippen LogP) is 3.48. The van der Waals surface area contributed by atoms with Crippen LogP contribution in [0, 0.1) is 0 Å². The highest BCUT2D eigenvalue weighted by molar-refractivity contribution is 7.89. The van der Waals surface area contributed by atoms with E-state index in [0.29, 0.717) is 31.1 Å². The average molecular weight is 536 g/mol. The van der Waals surface area contributed by atoms with Crippen molar-refractivity contribution in [3.63, 3.8) is 0 Å². The molecule has 0 radical (unpaired) electrons. The molecule has 2 amide bonds. The van der Waals surface area contributed by atoms with E-state index < -0.39 is 28.0 Å². The Balaban J connectivity index is 1.54. The van der Waals surface area contributed by atoms with Crippen molar-refractivity contribution in [2.24, 2.45) is 0 Å². The molecule has 3 heterocycles. The molecule has 0 atom stereocenters. The third-order valence-corrected chi connectivity index (χ3v) is 9.47. The van der Waals surface area contributed by atoms with Gasteiger partial charge in [0.1, 0.15) is 5.00 Å². The summed E-state index contributed by atoms with van der Waals surface area (Å²) in [4.78, 5) is 39.9. The summed E-state index contributed by atoms with van der Waals surface area (Å²) in [5.41, 5.74) is 1.26. The molecule has 1 fully saturated rings. The van der Waals surface area contributed by atoms with E-state index in [1.165, 1.54) is 59.0 Å². The lowest BCUT2D eigenvalue weighted by molar-refractivity contribution is 0.0600. The molecule has 0 bridgehead atoms. The number of thiophene rings is 1. The molecule has 12 heteroatoms. The second kappa shape index (κ2) is 11.0. The van der Waals surface area contributed by atoms with Crippen LogP contribution >= 0.6 is 11.3 Å². The van der Waals surface area contributed by atoms with Crippen LogP contribution in [-0.4, -0.2) is 69.4 Å². The number of methoxy groups -OCH3 is 2. The van der Waals surface area contributed by atoms with Crippen LogP contribution in [0.4, 0.5) is 9.80 Å². The normalized spacial score (nSPS) is 16.6. The van der Waals surface area contributed by atoms with Gasteiger partial charge in [0.25, 0.3) is 5.91 Å². The van der Waals surface area contributed by atoms with Crippen molar-refractivity contribution in [3.05, 3.63) is 45.8 Å². The second-order valence-electron chi connectivity index (χ2n) is 8.64. The Hall–Kier alpha value is -2.96. The number of nitrogens with one attached hydrogen (secondary N) is 1. The number of amides is 2. The van der Waals surface area contributed by atoms with Crippen molar-refractivity contribution < 1.29 is 32.3 Å². The predicted molar refractivity (Wildman–Crippen MR) is 134 cm³/mol. The Morgan fingerprint density at radius 2 is 1.61 bits per heavy atom. The van der Waals surface area contributed by atoms with Gasteiger partial charge in [-0.3, -0.25) is 4.79 Å². The first-order valence-electron chi connectivity index (χ1n) is 11.7. The molecule has 2 aliphatic heterocycles. The summed E-state index contributed by atoms with van der Waals surface area (Å²) in [5.74, 6) is -1.06. The molecule has 1 aromatic carbocycles. The van der Waals surface area contributed by atoms with Gasteiger partial charge in [-0.25, -0.2) is 18.0 Å². The topological polar surface area (TPSA) is 122 Å². The zero-order valence-electron chi connectivity index (χ0n) is 20.2. The molecular weight excluding hydrogens is 506 g/mol. The first kappa shape index (κ1) is 26.1. The number of carbonyl (C=O) groups excluding carboxylic acids is 3. The third kappa shape index (κ3) is 5.25. The summed E-state index contributed by atoms with van der Waals surface area (Å²) in [5, 5.41) is 3.10. The van der Waals surface area contributed by atoms with E-state index in [-0.39, 0.29) is 22.6 Å². The number of ether oxygens (including phenoxy) is 2. The minimum absolute atomic E-state index is 0.144. The highest BCUT2D eigenvalue weighted by Crippen LogP contribution is 2.38. The fourth-order valence-electron chi connectivity index (χ4n) is 4.48. The molecule has 36 heavy (non-hydrogen) atoms. The standard InChI is InChI=1S/C24H29N3O7S2/c1-33-23(29)20-18-11-14-26(24(30)34-2)15-19(18)35-22(20)25-21(28)16-7-9-17(10-8-16)36(31,32)27-12-5-3-4-6-13-27/h7-10H,3-6,11-15H2,1-2H3,(H,25,28). The van der Waals surface area contributed by atoms with Crippen LogP contribution < -0.4 is 5.32 Å². The van der Waals surface area contributed by atoms with Gasteiger partial charge in [-0.05, 0) is 49.1 Å². The molecule has 0 saturated carbocycles. The Labute approximate surface area is 214 Å². The highest BCUT2D eigenvalue weighted by Gasteiger charge is 2.31. The van der Waals surface area contributed by atoms with Crippen LogP contribution in [0.5, 0.6) is 0 Å². The molecule has 1 aromatic heterocycles. The van der Waals surface area contributed by atoms with Crippen molar-refractivity contribution >= 4 is 44.3 Å². The molecular formula is C24H29N3O7S2. The van der Waals surface area contributed by atoms with E-state index in [1.807, 2.05) is 0 Å². The molecule has 1 saturated heterocycles. The number of nitrogens with zero attached hydrogens (tertiary/aromatic N) is 2. The van der Waals surface area contributed by atoms with Crippen molar-refractivity contribution in [1.29, 1.82) is 0 Å². The number of sulfonamides is 1. The number of benzene rings is 1. The molecule has 0 unspecified atom stereocenters. The zero-order valence-corrected chi connectivity index (χ0v) is 21.9. The average Bonchev–Trinajstić information content (AvgIpc) is 3.04. The first-order chi connectivity index (χ1) is 17.3. The van der Waals surface area contributed by atoms with Crippen molar-refractivity contribution in [3.8, 4) is 0 Å². The lowest BCUT2D eigenvalue weighted by atomic mass is 10.0. The molecule has 2 aliphatic rings. The van der Waals surface area contributed by atoms with Crippen LogP contribution in [0.2, 0.25) is 0 Å². The Kier molecular flexibility index (Phi) is 7.96. The minimum Gasteiger partial charge on any atom is -0.465 e. The summed E-state index contributed by atoms with van der Waals surface area (Å²) < 4.78 is 37.3. The van der Waals surface area contributed by atoms with Gasteiger partial charge in [-0.1, -0.05) is 12.8 Å². The monoisotopic (exact) mass is 535 g/mol. The first-order valence-corrected chi connectivity index (χ1v) is 14.0. The van der Waals surface area contributed by atoms with E-state index in [4.69, 9.17) is 9.47 Å². The quantitative estimate of drug-likeness (QED) is 0.582. The van der Waals surface area contributed by atoms with Gasteiger partial charge in [-0.2, -0.15) is 4.31 Å². The third-order valence-electron chi connectivity index (χ3n) is 6.43. The lowest BCUT2D eigenvalue weighted by Gasteiger charge is -2.25. The summed E-state index contributed by atoms with van der Waals surface area (Å²) in [7, 11) is -1.05. The number of fused-ring (bicyclic) bond motifs is 1. The fraction of sp³-hybridized carbons (Fsp3) is 0.458. The van der Waals surface area contributed by atoms with Crippen LogP contribution in [0.3, 0.4) is 0 Å². The van der Waals surface area contributed by atoms with Gasteiger partial charge in [0.2, 0.25) is 10.0 Å². The Morgan fingerprint density at radius 3 is 2.22 bits per heavy atom. The number of esters is 1. The van der Waals surface area contributed by atoms with Crippen LogP contribution in [0.15, 0.2) is 29.2 Å². The highest BCUT2D eigenvalue weighted by atomic mass is 32.2. The van der Waals surface area contributed by atoms with Crippen molar-refractivity contribution in [2.75, 3.05) is 39.2 Å². The van der Waals surface area contributed by atoms with Gasteiger partial charge in [-0.15, -0.1) is 11.3 Å². The van der Waals surface area contributed by atoms with Crippen molar-refractivity contribution in [1.82, 2.24) is 9.21 Å². The van der Waals surface area contributed by atoms with Gasteiger partial charge in [0, 0.05) is 30.1 Å². The minimum atomic E-state index is -3.62. The van der Waals surface area contributed by atoms with E-state index in [0.717, 1.165) is 36.1 Å². The van der Waals surface area contributed by atoms with Gasteiger partial charge in [0.15, 0.2) is 0 Å². The molecule has 1 N–H and O–H groups in total.